The van der Waals surface area contributed by atoms with E-state index in [2.05, 4.69) is 40.2 Å². The van der Waals surface area contributed by atoms with Crippen LogP contribution in [0.4, 0.5) is 5.69 Å². The van der Waals surface area contributed by atoms with Gasteiger partial charge in [0.2, 0.25) is 0 Å². The molecule has 0 radical (unpaired) electrons. The summed E-state index contributed by atoms with van der Waals surface area (Å²) in [5.41, 5.74) is 3.52. The van der Waals surface area contributed by atoms with E-state index < -0.39 is 0 Å². The number of amidine groups is 1. The molecule has 0 atom stereocenters. The second kappa shape index (κ2) is 4.12. The van der Waals surface area contributed by atoms with Crippen molar-refractivity contribution in [1.82, 2.24) is 0 Å². The summed E-state index contributed by atoms with van der Waals surface area (Å²) in [6, 6.07) is 16.5. The van der Waals surface area contributed by atoms with Crippen molar-refractivity contribution in [3.05, 3.63) is 59.7 Å². The number of anilines is 1. The highest BCUT2D eigenvalue weighted by molar-refractivity contribution is 6.13. The van der Waals surface area contributed by atoms with Crippen LogP contribution in [0, 0.1) is 0 Å². The number of fused-ring (bicyclic) bond motifs is 5. The van der Waals surface area contributed by atoms with Gasteiger partial charge in [-0.25, -0.2) is 0 Å². The molecule has 19 heavy (non-hydrogen) atoms. The Morgan fingerprint density at radius 3 is 2.84 bits per heavy atom. The van der Waals surface area contributed by atoms with E-state index >= 15 is 0 Å². The fraction of sp³-hybridized carbons (Fsp3) is 0.188. The van der Waals surface area contributed by atoms with Crippen LogP contribution in [-0.2, 0) is 6.61 Å². The molecule has 2 heterocycles. The van der Waals surface area contributed by atoms with Gasteiger partial charge in [-0.1, -0.05) is 30.3 Å². The van der Waals surface area contributed by atoms with Gasteiger partial charge in [0.15, 0.2) is 0 Å². The molecule has 2 aliphatic heterocycles. The molecule has 2 aromatic carbocycles. The second-order valence-electron chi connectivity index (χ2n) is 4.77. The molecule has 0 saturated heterocycles. The topological polar surface area (TPSA) is 24.8 Å². The largest absolute Gasteiger partial charge is 0.488 e. The summed E-state index contributed by atoms with van der Waals surface area (Å²) in [7, 11) is 0. The van der Waals surface area contributed by atoms with Crippen molar-refractivity contribution in [2.75, 3.05) is 18.0 Å². The van der Waals surface area contributed by atoms with Crippen LogP contribution in [0.15, 0.2) is 53.5 Å². The lowest BCUT2D eigenvalue weighted by molar-refractivity contribution is 0.305. The van der Waals surface area contributed by atoms with Crippen molar-refractivity contribution in [3.63, 3.8) is 0 Å². The Hall–Kier alpha value is -2.29. The number of ether oxygens (including phenoxy) is 1. The molecule has 2 aromatic rings. The Labute approximate surface area is 112 Å². The van der Waals surface area contributed by atoms with Crippen molar-refractivity contribution in [3.8, 4) is 5.75 Å². The quantitative estimate of drug-likeness (QED) is 0.718. The van der Waals surface area contributed by atoms with Gasteiger partial charge in [0, 0.05) is 17.8 Å². The number of rotatable bonds is 0. The molecular weight excluding hydrogens is 236 g/mol. The first-order valence-corrected chi connectivity index (χ1v) is 6.55. The number of benzene rings is 2. The fourth-order valence-corrected chi connectivity index (χ4v) is 2.74. The van der Waals surface area contributed by atoms with Gasteiger partial charge in [0.1, 0.15) is 18.2 Å². The molecule has 0 unspecified atom stereocenters. The highest BCUT2D eigenvalue weighted by atomic mass is 16.5. The van der Waals surface area contributed by atoms with Crippen LogP contribution in [0.1, 0.15) is 11.1 Å². The summed E-state index contributed by atoms with van der Waals surface area (Å²) in [5.74, 6) is 1.95. The summed E-state index contributed by atoms with van der Waals surface area (Å²) >= 11 is 0. The molecule has 0 aliphatic carbocycles. The first-order valence-electron chi connectivity index (χ1n) is 6.55. The average molecular weight is 250 g/mol. The van der Waals surface area contributed by atoms with E-state index in [0.717, 1.165) is 30.2 Å². The maximum atomic E-state index is 5.96. The third-order valence-electron chi connectivity index (χ3n) is 3.63. The van der Waals surface area contributed by atoms with E-state index in [1.165, 1.54) is 11.3 Å². The second-order valence-corrected chi connectivity index (χ2v) is 4.77. The fourth-order valence-electron chi connectivity index (χ4n) is 2.74. The summed E-state index contributed by atoms with van der Waals surface area (Å²) < 4.78 is 5.96. The van der Waals surface area contributed by atoms with Gasteiger partial charge in [-0.2, -0.15) is 0 Å². The van der Waals surface area contributed by atoms with Crippen LogP contribution < -0.4 is 9.64 Å². The first-order chi connectivity index (χ1) is 9.43. The van der Waals surface area contributed by atoms with Crippen LogP contribution in [0.2, 0.25) is 0 Å². The van der Waals surface area contributed by atoms with Crippen molar-refractivity contribution in [2.24, 2.45) is 4.99 Å². The maximum absolute atomic E-state index is 5.96. The molecule has 3 nitrogen and oxygen atoms in total. The molecule has 0 amide bonds. The van der Waals surface area contributed by atoms with Gasteiger partial charge in [-0.15, -0.1) is 0 Å². The molecule has 0 N–H and O–H groups in total. The van der Waals surface area contributed by atoms with Crippen molar-refractivity contribution < 1.29 is 4.74 Å². The minimum absolute atomic E-state index is 0.608. The van der Waals surface area contributed by atoms with Crippen LogP contribution in [0.5, 0.6) is 5.75 Å². The predicted molar refractivity (Wildman–Crippen MR) is 76.0 cm³/mol. The van der Waals surface area contributed by atoms with Gasteiger partial charge >= 0.3 is 0 Å². The van der Waals surface area contributed by atoms with Gasteiger partial charge in [0.25, 0.3) is 0 Å². The van der Waals surface area contributed by atoms with E-state index in [9.17, 15) is 0 Å². The smallest absolute Gasteiger partial charge is 0.139 e. The number of nitrogens with zero attached hydrogens (tertiary/aromatic N) is 2. The summed E-state index contributed by atoms with van der Waals surface area (Å²) in [6.45, 7) is 2.40. The number of hydrogen-bond donors (Lipinski definition) is 0. The van der Waals surface area contributed by atoms with Gasteiger partial charge < -0.3 is 9.64 Å². The van der Waals surface area contributed by atoms with E-state index in [-0.39, 0.29) is 0 Å². The third-order valence-corrected chi connectivity index (χ3v) is 3.63. The highest BCUT2D eigenvalue weighted by Crippen LogP contribution is 2.32. The van der Waals surface area contributed by atoms with E-state index in [1.54, 1.807) is 0 Å². The van der Waals surface area contributed by atoms with E-state index in [0.29, 0.717) is 6.61 Å². The zero-order valence-electron chi connectivity index (χ0n) is 10.5. The minimum atomic E-state index is 0.608. The molecule has 94 valence electrons. The van der Waals surface area contributed by atoms with Crippen molar-refractivity contribution >= 4 is 11.5 Å². The average Bonchev–Trinajstić information content (AvgIpc) is 2.92. The van der Waals surface area contributed by atoms with Gasteiger partial charge in [-0.05, 0) is 18.2 Å². The lowest BCUT2D eigenvalue weighted by Crippen LogP contribution is -2.31. The van der Waals surface area contributed by atoms with E-state index in [1.807, 2.05) is 18.2 Å². The van der Waals surface area contributed by atoms with Gasteiger partial charge in [0.05, 0.1) is 12.1 Å². The predicted octanol–water partition coefficient (Wildman–Crippen LogP) is 2.85. The lowest BCUT2D eigenvalue weighted by Gasteiger charge is -2.27. The van der Waals surface area contributed by atoms with Crippen LogP contribution in [0.3, 0.4) is 0 Å². The SMILES string of the molecule is c1ccc2c(c1)COc1ccccc1C1=NCCN12. The Kier molecular flexibility index (Phi) is 2.30. The summed E-state index contributed by atoms with van der Waals surface area (Å²) in [4.78, 5) is 6.96. The lowest BCUT2D eigenvalue weighted by atomic mass is 10.1. The Morgan fingerprint density at radius 2 is 1.84 bits per heavy atom. The standard InChI is InChI=1S/C16H14N2O/c1-3-7-14-12(5-1)11-19-15-8-4-2-6-13(15)16-17-9-10-18(14)16/h1-8H,9-11H2. The molecule has 4 rings (SSSR count). The molecule has 0 spiro atoms. The zero-order valence-corrected chi connectivity index (χ0v) is 10.5. The van der Waals surface area contributed by atoms with Crippen LogP contribution in [0.25, 0.3) is 0 Å². The Morgan fingerprint density at radius 1 is 1.00 bits per heavy atom. The van der Waals surface area contributed by atoms with Gasteiger partial charge in [-0.3, -0.25) is 4.99 Å². The van der Waals surface area contributed by atoms with Crippen molar-refractivity contribution in [2.45, 2.75) is 6.61 Å². The van der Waals surface area contributed by atoms with Crippen LogP contribution in [-0.4, -0.2) is 18.9 Å². The van der Waals surface area contributed by atoms with Crippen LogP contribution >= 0.6 is 0 Å². The number of hydrogen-bond acceptors (Lipinski definition) is 3. The maximum Gasteiger partial charge on any atom is 0.139 e. The molecular formula is C16H14N2O. The molecule has 0 saturated carbocycles. The molecule has 0 aromatic heterocycles. The summed E-state index contributed by atoms with van der Waals surface area (Å²) in [6.07, 6.45) is 0. The minimum Gasteiger partial charge on any atom is -0.488 e. The number of para-hydroxylation sites is 2. The monoisotopic (exact) mass is 250 g/mol. The highest BCUT2D eigenvalue weighted by Gasteiger charge is 2.26. The zero-order chi connectivity index (χ0) is 12.7. The number of aliphatic imine (C=N–C) groups is 1. The molecule has 2 aliphatic rings. The van der Waals surface area contributed by atoms with Crippen molar-refractivity contribution in [1.29, 1.82) is 0 Å². The Bertz CT molecular complexity index is 663. The molecule has 0 bridgehead atoms. The molecule has 0 fully saturated rings. The summed E-state index contributed by atoms with van der Waals surface area (Å²) in [5, 5.41) is 0. The normalized spacial score (nSPS) is 16.4. The third kappa shape index (κ3) is 1.62. The first kappa shape index (κ1) is 10.6. The Balaban J connectivity index is 1.92. The molecule has 3 heteroatoms. The van der Waals surface area contributed by atoms with E-state index in [4.69, 9.17) is 4.74 Å².